The van der Waals surface area contributed by atoms with E-state index in [2.05, 4.69) is 10.0 Å². The molecule has 1 amide bonds. The van der Waals surface area contributed by atoms with Gasteiger partial charge < -0.3 is 14.8 Å². The van der Waals surface area contributed by atoms with Crippen LogP contribution >= 0.6 is 0 Å². The Hall–Kier alpha value is -2.13. The van der Waals surface area contributed by atoms with Gasteiger partial charge in [0.2, 0.25) is 15.9 Å². The lowest BCUT2D eigenvalue weighted by Gasteiger charge is -2.09. The smallest absolute Gasteiger partial charge is 0.325 e. The summed E-state index contributed by atoms with van der Waals surface area (Å²) in [5.41, 5.74) is 0. The summed E-state index contributed by atoms with van der Waals surface area (Å²) in [4.78, 5) is 23.2. The van der Waals surface area contributed by atoms with Crippen LogP contribution in [0, 0.1) is 5.92 Å². The van der Waals surface area contributed by atoms with Crippen molar-refractivity contribution in [2.24, 2.45) is 5.92 Å². The number of benzene rings is 1. The number of sulfonamides is 1. The van der Waals surface area contributed by atoms with Crippen LogP contribution < -0.4 is 14.8 Å². The lowest BCUT2D eigenvalue weighted by Crippen LogP contribution is -2.34. The van der Waals surface area contributed by atoms with E-state index in [4.69, 9.17) is 9.47 Å². The number of hydrogen-bond acceptors (Lipinski definition) is 6. The molecule has 26 heavy (non-hydrogen) atoms. The monoisotopic (exact) mass is 384 g/mol. The van der Waals surface area contributed by atoms with Crippen LogP contribution in [0.5, 0.6) is 5.75 Å². The van der Waals surface area contributed by atoms with Crippen molar-refractivity contribution >= 4 is 21.9 Å². The quantitative estimate of drug-likeness (QED) is 0.547. The molecule has 0 bridgehead atoms. The molecule has 8 nitrogen and oxygen atoms in total. The second kappa shape index (κ2) is 9.54. The third-order valence-electron chi connectivity index (χ3n) is 3.70. The summed E-state index contributed by atoms with van der Waals surface area (Å²) in [6, 6.07) is 6.00. The number of carbonyl (C=O) groups is 2. The second-order valence-electron chi connectivity index (χ2n) is 5.96. The average Bonchev–Trinajstić information content (AvgIpc) is 3.43. The van der Waals surface area contributed by atoms with Gasteiger partial charge in [0.1, 0.15) is 12.3 Å². The first-order valence-corrected chi connectivity index (χ1v) is 10.0. The van der Waals surface area contributed by atoms with Crippen molar-refractivity contribution in [2.45, 2.75) is 31.1 Å². The molecule has 0 saturated heterocycles. The standard InChI is InChI=1S/C17H24N2O6S/c1-2-24-14-5-7-15(8-6-14)26(22,23)19-10-9-16(20)18-11-17(21)25-12-13-3-4-13/h5-8,13,19H,2-4,9-12H2,1H3,(H,18,20). The Kier molecular flexibility index (Phi) is 7.40. The van der Waals surface area contributed by atoms with Crippen molar-refractivity contribution in [1.82, 2.24) is 10.0 Å². The summed E-state index contributed by atoms with van der Waals surface area (Å²) in [6.45, 7) is 2.45. The number of carbonyl (C=O) groups excluding carboxylic acids is 2. The highest BCUT2D eigenvalue weighted by atomic mass is 32.2. The predicted molar refractivity (Wildman–Crippen MR) is 94.1 cm³/mol. The summed E-state index contributed by atoms with van der Waals surface area (Å²) in [5.74, 6) is 0.133. The number of hydrogen-bond donors (Lipinski definition) is 2. The Bertz CT molecular complexity index is 713. The largest absolute Gasteiger partial charge is 0.494 e. The van der Waals surface area contributed by atoms with Gasteiger partial charge in [-0.3, -0.25) is 9.59 Å². The minimum Gasteiger partial charge on any atom is -0.494 e. The van der Waals surface area contributed by atoms with Gasteiger partial charge in [-0.25, -0.2) is 13.1 Å². The van der Waals surface area contributed by atoms with E-state index in [0.29, 0.717) is 24.9 Å². The van der Waals surface area contributed by atoms with Gasteiger partial charge in [0.25, 0.3) is 0 Å². The van der Waals surface area contributed by atoms with E-state index in [-0.39, 0.29) is 24.4 Å². The summed E-state index contributed by atoms with van der Waals surface area (Å²) < 4.78 is 36.9. The number of esters is 1. The molecule has 0 atom stereocenters. The van der Waals surface area contributed by atoms with Gasteiger partial charge in [0, 0.05) is 13.0 Å². The van der Waals surface area contributed by atoms with E-state index in [1.807, 2.05) is 6.92 Å². The normalized spacial score (nSPS) is 13.9. The van der Waals surface area contributed by atoms with Crippen LogP contribution in [0.3, 0.4) is 0 Å². The first kappa shape index (κ1) is 20.2. The topological polar surface area (TPSA) is 111 Å². The third kappa shape index (κ3) is 7.01. The van der Waals surface area contributed by atoms with Gasteiger partial charge in [0.15, 0.2) is 0 Å². The fourth-order valence-corrected chi connectivity index (χ4v) is 3.10. The Balaban J connectivity index is 1.67. The van der Waals surface area contributed by atoms with Crippen molar-refractivity contribution in [3.63, 3.8) is 0 Å². The molecule has 0 heterocycles. The molecule has 0 unspecified atom stereocenters. The Morgan fingerprint density at radius 1 is 1.19 bits per heavy atom. The van der Waals surface area contributed by atoms with Gasteiger partial charge in [-0.15, -0.1) is 0 Å². The summed E-state index contributed by atoms with van der Waals surface area (Å²) in [5, 5.41) is 2.41. The van der Waals surface area contributed by atoms with E-state index >= 15 is 0 Å². The molecule has 9 heteroatoms. The Morgan fingerprint density at radius 3 is 2.50 bits per heavy atom. The van der Waals surface area contributed by atoms with Crippen molar-refractivity contribution in [3.05, 3.63) is 24.3 Å². The maximum absolute atomic E-state index is 12.1. The summed E-state index contributed by atoms with van der Waals surface area (Å²) in [6.07, 6.45) is 2.08. The van der Waals surface area contributed by atoms with Crippen molar-refractivity contribution in [2.75, 3.05) is 26.3 Å². The molecule has 1 aliphatic rings. The lowest BCUT2D eigenvalue weighted by atomic mass is 10.3. The molecule has 1 saturated carbocycles. The SMILES string of the molecule is CCOc1ccc(S(=O)(=O)NCCC(=O)NCC(=O)OCC2CC2)cc1. The number of ether oxygens (including phenoxy) is 2. The van der Waals surface area contributed by atoms with E-state index < -0.39 is 21.9 Å². The average molecular weight is 384 g/mol. The van der Waals surface area contributed by atoms with Gasteiger partial charge in [0.05, 0.1) is 18.1 Å². The van der Waals surface area contributed by atoms with Gasteiger partial charge in [-0.2, -0.15) is 0 Å². The first-order chi connectivity index (χ1) is 12.4. The van der Waals surface area contributed by atoms with E-state index in [1.165, 1.54) is 12.1 Å². The van der Waals surface area contributed by atoms with Gasteiger partial charge >= 0.3 is 5.97 Å². The molecular formula is C17H24N2O6S. The molecule has 0 aromatic heterocycles. The minimum absolute atomic E-state index is 0.0709. The van der Waals surface area contributed by atoms with E-state index in [9.17, 15) is 18.0 Å². The second-order valence-corrected chi connectivity index (χ2v) is 7.72. The molecule has 144 valence electrons. The zero-order chi connectivity index (χ0) is 19.0. The summed E-state index contributed by atoms with van der Waals surface area (Å²) >= 11 is 0. The van der Waals surface area contributed by atoms with Crippen LogP contribution in [0.25, 0.3) is 0 Å². The maximum Gasteiger partial charge on any atom is 0.325 e. The van der Waals surface area contributed by atoms with E-state index in [0.717, 1.165) is 12.8 Å². The highest BCUT2D eigenvalue weighted by Gasteiger charge is 2.23. The van der Waals surface area contributed by atoms with Crippen LogP contribution in [0.4, 0.5) is 0 Å². The Morgan fingerprint density at radius 2 is 1.88 bits per heavy atom. The minimum atomic E-state index is -3.71. The maximum atomic E-state index is 12.1. The zero-order valence-electron chi connectivity index (χ0n) is 14.7. The highest BCUT2D eigenvalue weighted by Crippen LogP contribution is 2.28. The molecule has 0 spiro atoms. The number of rotatable bonds is 11. The van der Waals surface area contributed by atoms with E-state index in [1.54, 1.807) is 12.1 Å². The fourth-order valence-electron chi connectivity index (χ4n) is 2.07. The van der Waals surface area contributed by atoms with Crippen molar-refractivity contribution in [3.8, 4) is 5.75 Å². The molecule has 1 aromatic rings. The lowest BCUT2D eigenvalue weighted by molar-refractivity contribution is -0.144. The number of nitrogens with one attached hydrogen (secondary N) is 2. The predicted octanol–water partition coefficient (Wildman–Crippen LogP) is 0.823. The molecule has 1 aromatic carbocycles. The van der Waals surface area contributed by atoms with Crippen LogP contribution in [0.2, 0.25) is 0 Å². The van der Waals surface area contributed by atoms with Crippen molar-refractivity contribution in [1.29, 1.82) is 0 Å². The molecular weight excluding hydrogens is 360 g/mol. The van der Waals surface area contributed by atoms with Crippen LogP contribution in [0.15, 0.2) is 29.2 Å². The molecule has 2 N–H and O–H groups in total. The first-order valence-electron chi connectivity index (χ1n) is 8.55. The highest BCUT2D eigenvalue weighted by molar-refractivity contribution is 7.89. The molecule has 2 rings (SSSR count). The van der Waals surface area contributed by atoms with Gasteiger partial charge in [-0.05, 0) is 49.9 Å². The number of amides is 1. The van der Waals surface area contributed by atoms with Crippen molar-refractivity contribution < 1.29 is 27.5 Å². The zero-order valence-corrected chi connectivity index (χ0v) is 15.5. The fraction of sp³-hybridized carbons (Fsp3) is 0.529. The third-order valence-corrected chi connectivity index (χ3v) is 5.17. The molecule has 1 aliphatic carbocycles. The molecule has 1 fully saturated rings. The van der Waals surface area contributed by atoms with Crippen LogP contribution in [-0.2, 0) is 24.3 Å². The van der Waals surface area contributed by atoms with Crippen LogP contribution in [0.1, 0.15) is 26.2 Å². The molecule has 0 radical (unpaired) electrons. The molecule has 0 aliphatic heterocycles. The van der Waals surface area contributed by atoms with Gasteiger partial charge in [-0.1, -0.05) is 0 Å². The van der Waals surface area contributed by atoms with Crippen LogP contribution in [-0.4, -0.2) is 46.6 Å². The Labute approximate surface area is 153 Å². The summed E-state index contributed by atoms with van der Waals surface area (Å²) in [7, 11) is -3.71.